The van der Waals surface area contributed by atoms with E-state index in [4.69, 9.17) is 4.74 Å². The summed E-state index contributed by atoms with van der Waals surface area (Å²) >= 11 is 3.51. The Hall–Kier alpha value is -1.09. The van der Waals surface area contributed by atoms with E-state index in [1.54, 1.807) is 7.11 Å². The molecule has 108 valence electrons. The summed E-state index contributed by atoms with van der Waals surface area (Å²) in [5, 5.41) is 0. The minimum atomic E-state index is -0.618. The normalized spacial score (nSPS) is 19.1. The molecule has 3 heteroatoms. The number of aldehydes is 1. The minimum Gasteiger partial charge on any atom is -0.497 e. The van der Waals surface area contributed by atoms with E-state index in [1.165, 1.54) is 19.3 Å². The van der Waals surface area contributed by atoms with Gasteiger partial charge in [0.15, 0.2) is 0 Å². The SMILES string of the molecule is C=C(Br)C(C=O)(c1ccc(OC)cc1)C1CCCCC1. The number of carbonyl (C=O) groups is 1. The Morgan fingerprint density at radius 2 is 1.90 bits per heavy atom. The van der Waals surface area contributed by atoms with Crippen LogP contribution in [0.25, 0.3) is 0 Å². The molecule has 1 atom stereocenters. The van der Waals surface area contributed by atoms with Gasteiger partial charge in [0, 0.05) is 4.48 Å². The molecule has 0 aromatic heterocycles. The number of benzene rings is 1. The largest absolute Gasteiger partial charge is 0.497 e. The van der Waals surface area contributed by atoms with Crippen LogP contribution in [0.15, 0.2) is 35.3 Å². The molecule has 0 spiro atoms. The molecule has 0 saturated heterocycles. The summed E-state index contributed by atoms with van der Waals surface area (Å²) in [6.45, 7) is 4.05. The lowest BCUT2D eigenvalue weighted by Crippen LogP contribution is -2.38. The van der Waals surface area contributed by atoms with Crippen molar-refractivity contribution >= 4 is 22.2 Å². The Morgan fingerprint density at radius 3 is 2.35 bits per heavy atom. The summed E-state index contributed by atoms with van der Waals surface area (Å²) in [5.41, 5.74) is 0.384. The number of ether oxygens (including phenoxy) is 1. The molecule has 0 N–H and O–H groups in total. The van der Waals surface area contributed by atoms with E-state index in [1.807, 2.05) is 24.3 Å². The van der Waals surface area contributed by atoms with Crippen molar-refractivity contribution in [2.75, 3.05) is 7.11 Å². The zero-order valence-electron chi connectivity index (χ0n) is 11.9. The lowest BCUT2D eigenvalue weighted by molar-refractivity contribution is -0.113. The lowest BCUT2D eigenvalue weighted by atomic mass is 9.66. The predicted octanol–water partition coefficient (Wildman–Crippen LogP) is 4.62. The first-order valence-corrected chi connectivity index (χ1v) is 7.90. The highest BCUT2D eigenvalue weighted by Gasteiger charge is 2.42. The minimum absolute atomic E-state index is 0.328. The number of allylic oxidation sites excluding steroid dienone is 1. The molecule has 0 heterocycles. The second-order valence-electron chi connectivity index (χ2n) is 5.46. The average Bonchev–Trinajstić information content (AvgIpc) is 2.50. The fourth-order valence-electron chi connectivity index (χ4n) is 3.27. The molecule has 0 amide bonds. The molecule has 2 rings (SSSR count). The van der Waals surface area contributed by atoms with E-state index in [9.17, 15) is 4.79 Å². The quantitative estimate of drug-likeness (QED) is 0.733. The Morgan fingerprint density at radius 1 is 1.30 bits per heavy atom. The Balaban J connectivity index is 2.43. The Bertz CT molecular complexity index is 474. The molecule has 2 nitrogen and oxygen atoms in total. The number of halogens is 1. The summed E-state index contributed by atoms with van der Waals surface area (Å²) in [6, 6.07) is 7.78. The number of hydrogen-bond donors (Lipinski definition) is 0. The maximum absolute atomic E-state index is 12.0. The summed E-state index contributed by atoms with van der Waals surface area (Å²) in [5.74, 6) is 1.13. The number of hydrogen-bond acceptors (Lipinski definition) is 2. The summed E-state index contributed by atoms with van der Waals surface area (Å²) in [6.07, 6.45) is 6.88. The van der Waals surface area contributed by atoms with Gasteiger partial charge in [0.05, 0.1) is 12.5 Å². The molecule has 1 aromatic rings. The molecular weight excluding hydrogens is 316 g/mol. The highest BCUT2D eigenvalue weighted by Crippen LogP contribution is 2.46. The van der Waals surface area contributed by atoms with Crippen LogP contribution in [0, 0.1) is 5.92 Å². The molecule has 0 aliphatic heterocycles. The fraction of sp³-hybridized carbons (Fsp3) is 0.471. The van der Waals surface area contributed by atoms with E-state index in [-0.39, 0.29) is 0 Å². The molecule has 1 aromatic carbocycles. The number of carbonyl (C=O) groups excluding carboxylic acids is 1. The van der Waals surface area contributed by atoms with Gasteiger partial charge in [-0.25, -0.2) is 0 Å². The van der Waals surface area contributed by atoms with Crippen LogP contribution in [0.4, 0.5) is 0 Å². The maximum Gasteiger partial charge on any atom is 0.135 e. The van der Waals surface area contributed by atoms with Gasteiger partial charge in [-0.3, -0.25) is 0 Å². The average molecular weight is 337 g/mol. The lowest BCUT2D eigenvalue weighted by Gasteiger charge is -2.39. The molecule has 1 saturated carbocycles. The number of rotatable bonds is 5. The molecule has 1 aliphatic carbocycles. The summed E-state index contributed by atoms with van der Waals surface area (Å²) < 4.78 is 5.96. The van der Waals surface area contributed by atoms with E-state index >= 15 is 0 Å². The highest BCUT2D eigenvalue weighted by atomic mass is 79.9. The second-order valence-corrected chi connectivity index (χ2v) is 6.41. The van der Waals surface area contributed by atoms with Crippen molar-refractivity contribution in [1.82, 2.24) is 0 Å². The highest BCUT2D eigenvalue weighted by molar-refractivity contribution is 9.11. The molecule has 1 aliphatic rings. The van der Waals surface area contributed by atoms with Crippen LogP contribution in [0.5, 0.6) is 5.75 Å². The first kappa shape index (κ1) is 15.3. The van der Waals surface area contributed by atoms with Crippen LogP contribution in [0.3, 0.4) is 0 Å². The van der Waals surface area contributed by atoms with Crippen LogP contribution in [0.2, 0.25) is 0 Å². The third kappa shape index (κ3) is 2.69. The van der Waals surface area contributed by atoms with Gasteiger partial charge in [-0.2, -0.15) is 0 Å². The van der Waals surface area contributed by atoms with Gasteiger partial charge in [-0.1, -0.05) is 53.9 Å². The van der Waals surface area contributed by atoms with Crippen LogP contribution in [-0.4, -0.2) is 13.4 Å². The molecule has 0 radical (unpaired) electrons. The molecule has 20 heavy (non-hydrogen) atoms. The predicted molar refractivity (Wildman–Crippen MR) is 85.4 cm³/mol. The van der Waals surface area contributed by atoms with Gasteiger partial charge in [0.2, 0.25) is 0 Å². The number of methoxy groups -OCH3 is 1. The molecule has 0 bridgehead atoms. The van der Waals surface area contributed by atoms with Gasteiger partial charge in [0.1, 0.15) is 12.0 Å². The van der Waals surface area contributed by atoms with Gasteiger partial charge in [-0.05, 0) is 36.5 Å². The standard InChI is InChI=1S/C17H21BrO2/c1-13(18)17(12-19,14-6-4-3-5-7-14)15-8-10-16(20-2)11-9-15/h8-12,14H,1,3-7H2,2H3. The third-order valence-corrected chi connectivity index (χ3v) is 5.11. The van der Waals surface area contributed by atoms with E-state index < -0.39 is 5.41 Å². The van der Waals surface area contributed by atoms with Crippen molar-refractivity contribution in [2.45, 2.75) is 37.5 Å². The van der Waals surface area contributed by atoms with Crippen molar-refractivity contribution in [3.05, 3.63) is 40.9 Å². The molecule has 1 fully saturated rings. The van der Waals surface area contributed by atoms with E-state index in [0.717, 1.165) is 34.9 Å². The Labute approximate surface area is 129 Å². The van der Waals surface area contributed by atoms with E-state index in [2.05, 4.69) is 22.5 Å². The fourth-order valence-corrected chi connectivity index (χ4v) is 3.91. The van der Waals surface area contributed by atoms with Crippen molar-refractivity contribution < 1.29 is 9.53 Å². The van der Waals surface area contributed by atoms with Gasteiger partial charge in [-0.15, -0.1) is 0 Å². The van der Waals surface area contributed by atoms with Crippen LogP contribution >= 0.6 is 15.9 Å². The summed E-state index contributed by atoms with van der Waals surface area (Å²) in [4.78, 5) is 12.0. The monoisotopic (exact) mass is 336 g/mol. The van der Waals surface area contributed by atoms with Crippen LogP contribution < -0.4 is 4.74 Å². The van der Waals surface area contributed by atoms with Crippen LogP contribution in [0.1, 0.15) is 37.7 Å². The molecule has 1 unspecified atom stereocenters. The zero-order chi connectivity index (χ0) is 14.6. The third-order valence-electron chi connectivity index (χ3n) is 4.45. The second kappa shape index (κ2) is 6.57. The van der Waals surface area contributed by atoms with Crippen LogP contribution in [-0.2, 0) is 10.2 Å². The maximum atomic E-state index is 12.0. The Kier molecular flexibility index (Phi) is 5.03. The zero-order valence-corrected chi connectivity index (χ0v) is 13.5. The van der Waals surface area contributed by atoms with Gasteiger partial charge >= 0.3 is 0 Å². The first-order chi connectivity index (χ1) is 9.65. The van der Waals surface area contributed by atoms with Gasteiger partial charge in [0.25, 0.3) is 0 Å². The van der Waals surface area contributed by atoms with Crippen molar-refractivity contribution in [3.63, 3.8) is 0 Å². The first-order valence-electron chi connectivity index (χ1n) is 7.11. The van der Waals surface area contributed by atoms with Crippen molar-refractivity contribution in [3.8, 4) is 5.75 Å². The smallest absolute Gasteiger partial charge is 0.135 e. The van der Waals surface area contributed by atoms with E-state index in [0.29, 0.717) is 5.92 Å². The topological polar surface area (TPSA) is 26.3 Å². The molecular formula is C17H21BrO2. The summed E-state index contributed by atoms with van der Waals surface area (Å²) in [7, 11) is 1.65. The van der Waals surface area contributed by atoms with Crippen molar-refractivity contribution in [2.24, 2.45) is 5.92 Å². The van der Waals surface area contributed by atoms with Gasteiger partial charge < -0.3 is 9.53 Å². The van der Waals surface area contributed by atoms with Crippen molar-refractivity contribution in [1.29, 1.82) is 0 Å².